The minimum Gasteiger partial charge on any atom is -0.493 e. The molecule has 2 aromatic rings. The molecule has 2 aliphatic rings. The molecule has 1 saturated heterocycles. The van der Waals surface area contributed by atoms with Gasteiger partial charge in [0.1, 0.15) is 24.4 Å². The highest BCUT2D eigenvalue weighted by Crippen LogP contribution is 2.59. The predicted molar refractivity (Wildman–Crippen MR) is 140 cm³/mol. The number of alkyl halides is 3. The third kappa shape index (κ3) is 6.27. The fourth-order valence-electron chi connectivity index (χ4n) is 4.36. The van der Waals surface area contributed by atoms with Gasteiger partial charge in [-0.1, -0.05) is 40.9 Å². The zero-order valence-electron chi connectivity index (χ0n) is 21.4. The Morgan fingerprint density at radius 1 is 1.03 bits per heavy atom. The molecule has 0 spiro atoms. The van der Waals surface area contributed by atoms with Crippen LogP contribution in [0.25, 0.3) is 0 Å². The van der Waals surface area contributed by atoms with Crippen LogP contribution in [0.2, 0.25) is 0 Å². The van der Waals surface area contributed by atoms with Crippen LogP contribution in [0.15, 0.2) is 18.2 Å². The van der Waals surface area contributed by atoms with E-state index in [1.165, 1.54) is 28.4 Å². The third-order valence-corrected chi connectivity index (χ3v) is 6.36. The van der Waals surface area contributed by atoms with E-state index in [1.807, 2.05) is 0 Å². The van der Waals surface area contributed by atoms with Crippen molar-refractivity contribution in [1.82, 2.24) is 5.32 Å². The topological polar surface area (TPSA) is 123 Å². The first-order chi connectivity index (χ1) is 18.6. The van der Waals surface area contributed by atoms with Gasteiger partial charge in [-0.25, -0.2) is 9.59 Å². The van der Waals surface area contributed by atoms with E-state index in [1.54, 1.807) is 18.2 Å². The summed E-state index contributed by atoms with van der Waals surface area (Å²) in [5, 5.41) is 2.62. The lowest BCUT2D eigenvalue weighted by Gasteiger charge is -2.17. The number of methoxy groups -OCH3 is 4. The van der Waals surface area contributed by atoms with Crippen molar-refractivity contribution in [3.8, 4) is 28.7 Å². The molecule has 2 aliphatic heterocycles. The molecule has 2 atom stereocenters. The highest BCUT2D eigenvalue weighted by atomic mass is 35.6. The number of nitrogens with one attached hydrogen (secondary N) is 1. The van der Waals surface area contributed by atoms with Gasteiger partial charge in [-0.2, -0.15) is 0 Å². The van der Waals surface area contributed by atoms with E-state index < -0.39 is 34.7 Å². The van der Waals surface area contributed by atoms with Gasteiger partial charge in [0.05, 0.1) is 28.4 Å². The number of epoxide rings is 1. The zero-order valence-corrected chi connectivity index (χ0v) is 23.7. The van der Waals surface area contributed by atoms with Crippen molar-refractivity contribution in [1.29, 1.82) is 0 Å². The number of esters is 1. The van der Waals surface area contributed by atoms with Crippen LogP contribution in [0.3, 0.4) is 0 Å². The number of carbonyl (C=O) groups is 2. The van der Waals surface area contributed by atoms with E-state index >= 15 is 0 Å². The number of fused-ring (bicyclic) bond motifs is 1. The normalized spacial score (nSPS) is 17.3. The van der Waals surface area contributed by atoms with Gasteiger partial charge >= 0.3 is 12.1 Å². The number of hydrogen-bond acceptors (Lipinski definition) is 10. The average molecular weight is 607 g/mol. The summed E-state index contributed by atoms with van der Waals surface area (Å²) >= 11 is 16.9. The van der Waals surface area contributed by atoms with Crippen molar-refractivity contribution in [2.24, 2.45) is 0 Å². The first kappa shape index (κ1) is 29.0. The maximum Gasteiger partial charge on any atom is 0.407 e. The van der Waals surface area contributed by atoms with E-state index in [0.717, 1.165) is 5.56 Å². The fourth-order valence-corrected chi connectivity index (χ4v) is 4.52. The minimum atomic E-state index is -1.72. The molecular weight excluding hydrogens is 581 g/mol. The molecule has 11 nitrogen and oxygen atoms in total. The molecule has 14 heteroatoms. The smallest absolute Gasteiger partial charge is 0.407 e. The van der Waals surface area contributed by atoms with Crippen LogP contribution >= 0.6 is 34.8 Å². The van der Waals surface area contributed by atoms with Gasteiger partial charge in [-0.15, -0.1) is 0 Å². The largest absolute Gasteiger partial charge is 0.493 e. The van der Waals surface area contributed by atoms with E-state index in [9.17, 15) is 9.59 Å². The van der Waals surface area contributed by atoms with Gasteiger partial charge in [0.25, 0.3) is 0 Å². The summed E-state index contributed by atoms with van der Waals surface area (Å²) in [5.41, 5.74) is 2.16. The molecule has 1 amide bonds. The fraction of sp³-hybridized carbons (Fsp3) is 0.440. The van der Waals surface area contributed by atoms with Gasteiger partial charge < -0.3 is 43.2 Å². The van der Waals surface area contributed by atoms with Gasteiger partial charge in [-0.05, 0) is 24.1 Å². The molecule has 0 unspecified atom stereocenters. The second kappa shape index (κ2) is 12.0. The number of carbonyl (C=O) groups excluding carboxylic acids is 2. The number of amides is 1. The second-order valence-electron chi connectivity index (χ2n) is 8.32. The minimum absolute atomic E-state index is 0.0211. The predicted octanol–water partition coefficient (Wildman–Crippen LogP) is 4.68. The molecule has 0 radical (unpaired) electrons. The number of rotatable bonds is 10. The maximum atomic E-state index is 12.8. The molecule has 39 heavy (non-hydrogen) atoms. The Morgan fingerprint density at radius 3 is 2.41 bits per heavy atom. The number of benzene rings is 2. The monoisotopic (exact) mass is 605 g/mol. The Hall–Kier alpha value is -2.99. The Balaban J connectivity index is 1.64. The molecule has 0 aromatic heterocycles. The van der Waals surface area contributed by atoms with Crippen molar-refractivity contribution < 1.29 is 47.5 Å². The zero-order chi connectivity index (χ0) is 28.3. The molecule has 212 valence electrons. The standard InChI is InChI=1S/C25H26Cl3NO10/c1-32-14-6-5-13(17(19(14)33-2)23(30)35-4)18-22(39-18)16-12(7-8-29-24(31)36-10-25(26,27)28)9-15-20(21(16)34-3)38-11-37-15/h5-6,9,18,22H,7-8,10-11H2,1-4H3,(H,29,31)/t18-,22-/m0/s1. The van der Waals surface area contributed by atoms with Crippen LogP contribution in [-0.2, 0) is 20.6 Å². The molecule has 1 N–H and O–H groups in total. The Kier molecular flexibility index (Phi) is 8.95. The highest BCUT2D eigenvalue weighted by Gasteiger charge is 2.48. The summed E-state index contributed by atoms with van der Waals surface area (Å²) in [5.74, 6) is 1.33. The SMILES string of the molecule is COC(=O)c1c([C@@H]2O[C@H]2c2c(CCNC(=O)OCC(Cl)(Cl)Cl)cc3c(c2OC)OCO3)ccc(OC)c1OC. The Bertz CT molecular complexity index is 1250. The van der Waals surface area contributed by atoms with E-state index in [-0.39, 0.29) is 24.7 Å². The van der Waals surface area contributed by atoms with Crippen molar-refractivity contribution in [2.75, 3.05) is 48.4 Å². The lowest BCUT2D eigenvalue weighted by Crippen LogP contribution is -2.29. The van der Waals surface area contributed by atoms with Gasteiger partial charge in [0, 0.05) is 17.7 Å². The first-order valence-electron chi connectivity index (χ1n) is 11.6. The average Bonchev–Trinajstić information content (AvgIpc) is 3.56. The molecule has 2 aromatic carbocycles. The molecule has 0 bridgehead atoms. The summed E-state index contributed by atoms with van der Waals surface area (Å²) in [6, 6.07) is 5.20. The molecule has 4 rings (SSSR count). The lowest BCUT2D eigenvalue weighted by atomic mass is 9.93. The van der Waals surface area contributed by atoms with E-state index in [2.05, 4.69) is 5.32 Å². The van der Waals surface area contributed by atoms with Crippen molar-refractivity contribution in [3.63, 3.8) is 0 Å². The van der Waals surface area contributed by atoms with Crippen molar-refractivity contribution in [2.45, 2.75) is 22.4 Å². The van der Waals surface area contributed by atoms with Crippen LogP contribution in [-0.4, -0.2) is 64.2 Å². The summed E-state index contributed by atoms with van der Waals surface area (Å²) in [6.45, 7) is -0.207. The van der Waals surface area contributed by atoms with Gasteiger partial charge in [-0.3, -0.25) is 0 Å². The van der Waals surface area contributed by atoms with Crippen LogP contribution in [0.1, 0.15) is 39.3 Å². The van der Waals surface area contributed by atoms with Crippen LogP contribution < -0.4 is 29.0 Å². The molecule has 0 saturated carbocycles. The number of ether oxygens (including phenoxy) is 8. The van der Waals surface area contributed by atoms with Crippen LogP contribution in [0, 0.1) is 0 Å². The summed E-state index contributed by atoms with van der Waals surface area (Å²) < 4.78 is 42.1. The molecule has 2 heterocycles. The number of alkyl carbamates (subject to hydrolysis) is 1. The van der Waals surface area contributed by atoms with E-state index in [0.29, 0.717) is 40.5 Å². The molecule has 0 aliphatic carbocycles. The van der Waals surface area contributed by atoms with Crippen LogP contribution in [0.5, 0.6) is 28.7 Å². The van der Waals surface area contributed by atoms with Crippen LogP contribution in [0.4, 0.5) is 4.79 Å². The number of hydrogen-bond donors (Lipinski definition) is 1. The third-order valence-electron chi connectivity index (χ3n) is 6.03. The summed E-state index contributed by atoms with van der Waals surface area (Å²) in [6.07, 6.45) is -1.48. The summed E-state index contributed by atoms with van der Waals surface area (Å²) in [7, 11) is 5.69. The van der Waals surface area contributed by atoms with E-state index in [4.69, 9.17) is 72.7 Å². The van der Waals surface area contributed by atoms with Crippen molar-refractivity contribution in [3.05, 3.63) is 40.5 Å². The Morgan fingerprint density at radius 2 is 1.77 bits per heavy atom. The maximum absolute atomic E-state index is 12.8. The van der Waals surface area contributed by atoms with Gasteiger partial charge in [0.2, 0.25) is 16.3 Å². The second-order valence-corrected chi connectivity index (χ2v) is 10.8. The van der Waals surface area contributed by atoms with Crippen molar-refractivity contribution >= 4 is 46.9 Å². The molecule has 1 fully saturated rings. The number of halogens is 3. The first-order valence-corrected chi connectivity index (χ1v) is 12.7. The van der Waals surface area contributed by atoms with Gasteiger partial charge in [0.15, 0.2) is 23.0 Å². The lowest BCUT2D eigenvalue weighted by molar-refractivity contribution is 0.0594. The quantitative estimate of drug-likeness (QED) is 0.232. The molecular formula is C25H26Cl3NO10. The highest BCUT2D eigenvalue weighted by molar-refractivity contribution is 6.67. The summed E-state index contributed by atoms with van der Waals surface area (Å²) in [4.78, 5) is 24.8. The Labute approximate surface area is 239 Å².